The van der Waals surface area contributed by atoms with Crippen LogP contribution >= 0.6 is 0 Å². The summed E-state index contributed by atoms with van der Waals surface area (Å²) in [5, 5.41) is 6.86. The van der Waals surface area contributed by atoms with Gasteiger partial charge < -0.3 is 4.42 Å². The first-order chi connectivity index (χ1) is 18.3. The number of benzene rings is 5. The third-order valence-corrected chi connectivity index (χ3v) is 7.26. The lowest BCUT2D eigenvalue weighted by Crippen LogP contribution is -1.91. The van der Waals surface area contributed by atoms with Gasteiger partial charge >= 0.3 is 0 Å². The van der Waals surface area contributed by atoms with E-state index in [1.54, 1.807) is 0 Å². The number of hydrogen-bond donors (Lipinski definition) is 0. The first-order valence-electron chi connectivity index (χ1n) is 12.4. The van der Waals surface area contributed by atoms with Crippen LogP contribution in [-0.2, 0) is 0 Å². The van der Waals surface area contributed by atoms with Crippen molar-refractivity contribution in [3.8, 4) is 22.5 Å². The van der Waals surface area contributed by atoms with Gasteiger partial charge in [-0.25, -0.2) is 9.97 Å². The lowest BCUT2D eigenvalue weighted by Gasteiger charge is -2.12. The predicted octanol–water partition coefficient (Wildman–Crippen LogP) is 9.17. The van der Waals surface area contributed by atoms with Gasteiger partial charge in [-0.05, 0) is 36.4 Å². The summed E-state index contributed by atoms with van der Waals surface area (Å²) in [6.45, 7) is 0. The number of fused-ring (bicyclic) bond motifs is 8. The minimum Gasteiger partial charge on any atom is -0.456 e. The molecule has 0 spiro atoms. The summed E-state index contributed by atoms with van der Waals surface area (Å²) < 4.78 is 6.22. The Bertz CT molecular complexity index is 2140. The number of nitrogens with zero attached hydrogens (tertiary/aromatic N) is 2. The van der Waals surface area contributed by atoms with Gasteiger partial charge in [0.15, 0.2) is 0 Å². The van der Waals surface area contributed by atoms with Crippen LogP contribution in [0.1, 0.15) is 0 Å². The zero-order valence-corrected chi connectivity index (χ0v) is 19.8. The average Bonchev–Trinajstić information content (AvgIpc) is 3.35. The Morgan fingerprint density at radius 3 is 2.05 bits per heavy atom. The van der Waals surface area contributed by atoms with Gasteiger partial charge in [0, 0.05) is 43.4 Å². The fourth-order valence-electron chi connectivity index (χ4n) is 5.50. The molecule has 172 valence electrons. The molecule has 0 aliphatic carbocycles. The van der Waals surface area contributed by atoms with Crippen molar-refractivity contribution in [2.75, 3.05) is 0 Å². The molecule has 0 atom stereocenters. The van der Waals surface area contributed by atoms with E-state index in [0.717, 1.165) is 71.6 Å². The molecule has 0 saturated carbocycles. The first kappa shape index (κ1) is 20.2. The SMILES string of the molecule is c1ccc2nc(-c3ccc(-c4nc5ccccc5c5c4ccc4oc6ccccc6c45)cc3)ccc2c1. The molecular formula is C34H20N2O. The van der Waals surface area contributed by atoms with E-state index in [1.807, 2.05) is 30.3 Å². The number of pyridine rings is 2. The van der Waals surface area contributed by atoms with Gasteiger partial charge in [0.2, 0.25) is 0 Å². The Balaban J connectivity index is 1.36. The topological polar surface area (TPSA) is 38.9 Å². The lowest BCUT2D eigenvalue weighted by molar-refractivity contribution is 0.669. The van der Waals surface area contributed by atoms with Crippen molar-refractivity contribution in [2.45, 2.75) is 0 Å². The molecule has 0 amide bonds. The quantitative estimate of drug-likeness (QED) is 0.235. The first-order valence-corrected chi connectivity index (χ1v) is 12.4. The Morgan fingerprint density at radius 2 is 1.16 bits per heavy atom. The van der Waals surface area contributed by atoms with Gasteiger partial charge in [-0.15, -0.1) is 0 Å². The molecule has 3 heterocycles. The van der Waals surface area contributed by atoms with E-state index in [2.05, 4.69) is 91.0 Å². The van der Waals surface area contributed by atoms with Crippen LogP contribution < -0.4 is 0 Å². The van der Waals surface area contributed by atoms with Gasteiger partial charge in [-0.1, -0.05) is 84.9 Å². The Labute approximate surface area is 212 Å². The lowest BCUT2D eigenvalue weighted by atomic mass is 9.95. The normalized spacial score (nSPS) is 11.8. The van der Waals surface area contributed by atoms with E-state index in [4.69, 9.17) is 14.4 Å². The number of rotatable bonds is 2. The van der Waals surface area contributed by atoms with Crippen LogP contribution in [-0.4, -0.2) is 9.97 Å². The Hall–Kier alpha value is -5.02. The van der Waals surface area contributed by atoms with Gasteiger partial charge in [-0.3, -0.25) is 0 Å². The number of furan rings is 1. The van der Waals surface area contributed by atoms with E-state index >= 15 is 0 Å². The van der Waals surface area contributed by atoms with E-state index < -0.39 is 0 Å². The molecule has 0 saturated heterocycles. The number of aromatic nitrogens is 2. The highest BCUT2D eigenvalue weighted by atomic mass is 16.3. The van der Waals surface area contributed by atoms with Crippen molar-refractivity contribution in [1.29, 1.82) is 0 Å². The molecule has 0 radical (unpaired) electrons. The van der Waals surface area contributed by atoms with Crippen LogP contribution in [0.15, 0.2) is 126 Å². The molecule has 0 unspecified atom stereocenters. The van der Waals surface area contributed by atoms with E-state index in [9.17, 15) is 0 Å². The van der Waals surface area contributed by atoms with E-state index in [1.165, 1.54) is 5.39 Å². The van der Waals surface area contributed by atoms with Gasteiger partial charge in [0.1, 0.15) is 11.2 Å². The summed E-state index contributed by atoms with van der Waals surface area (Å²) >= 11 is 0. The molecular weight excluding hydrogens is 452 g/mol. The minimum atomic E-state index is 0.897. The van der Waals surface area contributed by atoms with Gasteiger partial charge in [0.05, 0.1) is 22.4 Å². The summed E-state index contributed by atoms with van der Waals surface area (Å²) in [5.41, 5.74) is 7.88. The molecule has 37 heavy (non-hydrogen) atoms. The average molecular weight is 473 g/mol. The van der Waals surface area contributed by atoms with Crippen LogP contribution in [0, 0.1) is 0 Å². The molecule has 8 aromatic rings. The van der Waals surface area contributed by atoms with Crippen molar-refractivity contribution in [1.82, 2.24) is 9.97 Å². The predicted molar refractivity (Wildman–Crippen MR) is 153 cm³/mol. The fourth-order valence-corrected chi connectivity index (χ4v) is 5.50. The molecule has 3 aromatic heterocycles. The highest BCUT2D eigenvalue weighted by molar-refractivity contribution is 6.28. The summed E-state index contributed by atoms with van der Waals surface area (Å²) in [7, 11) is 0. The van der Waals surface area contributed by atoms with Gasteiger partial charge in [0.25, 0.3) is 0 Å². The molecule has 3 nitrogen and oxygen atoms in total. The van der Waals surface area contributed by atoms with Crippen LogP contribution in [0.3, 0.4) is 0 Å². The summed E-state index contributed by atoms with van der Waals surface area (Å²) in [5.74, 6) is 0. The van der Waals surface area contributed by atoms with Crippen LogP contribution in [0.2, 0.25) is 0 Å². The monoisotopic (exact) mass is 472 g/mol. The van der Waals surface area contributed by atoms with Crippen molar-refractivity contribution in [3.05, 3.63) is 121 Å². The van der Waals surface area contributed by atoms with Crippen LogP contribution in [0.4, 0.5) is 0 Å². The second kappa shape index (κ2) is 7.74. The van der Waals surface area contributed by atoms with Crippen molar-refractivity contribution in [2.24, 2.45) is 0 Å². The van der Waals surface area contributed by atoms with E-state index in [-0.39, 0.29) is 0 Å². The van der Waals surface area contributed by atoms with Crippen molar-refractivity contribution >= 4 is 54.5 Å². The standard InChI is InChI=1S/C34H20N2O/c1-4-10-27-21(7-1)17-19-28(35-27)22-13-15-23(16-14-22)34-26-18-20-31-33(25-9-3-6-12-30(25)37-31)32(26)24-8-2-5-11-29(24)36-34/h1-20H. The molecule has 3 heteroatoms. The second-order valence-corrected chi connectivity index (χ2v) is 9.40. The highest BCUT2D eigenvalue weighted by Crippen LogP contribution is 2.41. The Morgan fingerprint density at radius 1 is 0.432 bits per heavy atom. The number of para-hydroxylation sites is 3. The third kappa shape index (κ3) is 3.08. The smallest absolute Gasteiger partial charge is 0.136 e. The fraction of sp³-hybridized carbons (Fsp3) is 0. The molecule has 0 aliphatic heterocycles. The molecule has 0 bridgehead atoms. The molecule has 0 fully saturated rings. The zero-order chi connectivity index (χ0) is 24.3. The molecule has 8 rings (SSSR count). The second-order valence-electron chi connectivity index (χ2n) is 9.40. The summed E-state index contributed by atoms with van der Waals surface area (Å²) in [6.07, 6.45) is 0. The minimum absolute atomic E-state index is 0.897. The van der Waals surface area contributed by atoms with Crippen LogP contribution in [0.5, 0.6) is 0 Å². The zero-order valence-electron chi connectivity index (χ0n) is 19.8. The summed E-state index contributed by atoms with van der Waals surface area (Å²) in [4.78, 5) is 10.0. The summed E-state index contributed by atoms with van der Waals surface area (Å²) in [6, 6.07) is 41.9. The highest BCUT2D eigenvalue weighted by Gasteiger charge is 2.17. The molecule has 0 N–H and O–H groups in total. The van der Waals surface area contributed by atoms with Crippen molar-refractivity contribution < 1.29 is 4.42 Å². The van der Waals surface area contributed by atoms with Crippen LogP contribution in [0.25, 0.3) is 77.0 Å². The maximum atomic E-state index is 6.22. The molecule has 5 aromatic carbocycles. The Kier molecular flexibility index (Phi) is 4.23. The molecule has 0 aliphatic rings. The maximum Gasteiger partial charge on any atom is 0.136 e. The van der Waals surface area contributed by atoms with E-state index in [0.29, 0.717) is 0 Å². The third-order valence-electron chi connectivity index (χ3n) is 7.26. The number of hydrogen-bond acceptors (Lipinski definition) is 3. The van der Waals surface area contributed by atoms with Crippen molar-refractivity contribution in [3.63, 3.8) is 0 Å². The largest absolute Gasteiger partial charge is 0.456 e. The maximum absolute atomic E-state index is 6.22. The van der Waals surface area contributed by atoms with Gasteiger partial charge in [-0.2, -0.15) is 0 Å².